The van der Waals surface area contributed by atoms with Crippen LogP contribution in [0.3, 0.4) is 0 Å². The minimum absolute atomic E-state index is 0.0849. The van der Waals surface area contributed by atoms with E-state index in [0.29, 0.717) is 29.8 Å². The van der Waals surface area contributed by atoms with Crippen LogP contribution >= 0.6 is 0 Å². The van der Waals surface area contributed by atoms with Crippen molar-refractivity contribution in [3.63, 3.8) is 0 Å². The van der Waals surface area contributed by atoms with Gasteiger partial charge in [0.25, 0.3) is 0 Å². The number of fused-ring (bicyclic) bond motifs is 1. The lowest BCUT2D eigenvalue weighted by molar-refractivity contribution is 0.597. The summed E-state index contributed by atoms with van der Waals surface area (Å²) in [6, 6.07) is 20.0. The Labute approximate surface area is 214 Å². The Kier molecular flexibility index (Phi) is 6.51. The fourth-order valence-electron chi connectivity index (χ4n) is 3.97. The number of sulfonamides is 1. The number of anilines is 3. The van der Waals surface area contributed by atoms with Crippen LogP contribution in [0.5, 0.6) is 0 Å². The molecule has 37 heavy (non-hydrogen) atoms. The predicted molar refractivity (Wildman–Crippen MR) is 141 cm³/mol. The lowest BCUT2D eigenvalue weighted by Crippen LogP contribution is -2.22. The second kappa shape index (κ2) is 9.91. The Morgan fingerprint density at radius 1 is 1.03 bits per heavy atom. The van der Waals surface area contributed by atoms with Gasteiger partial charge < -0.3 is 5.32 Å². The average Bonchev–Trinajstić information content (AvgIpc) is 3.37. The number of nitrogens with one attached hydrogen (secondary N) is 1. The zero-order valence-electron chi connectivity index (χ0n) is 20.2. The summed E-state index contributed by atoms with van der Waals surface area (Å²) in [7, 11) is -1.91. The zero-order valence-corrected chi connectivity index (χ0v) is 21.0. The van der Waals surface area contributed by atoms with Gasteiger partial charge in [-0.2, -0.15) is 14.6 Å². The molecule has 0 aliphatic carbocycles. The normalized spacial score (nSPS) is 12.4. The number of hydrogen-bond donors (Lipinski definition) is 2. The highest BCUT2D eigenvalue weighted by atomic mass is 32.2. The van der Waals surface area contributed by atoms with Crippen molar-refractivity contribution in [2.24, 2.45) is 5.14 Å². The molecule has 1 atom stereocenters. The maximum atomic E-state index is 11.7. The Morgan fingerprint density at radius 3 is 2.62 bits per heavy atom. The molecule has 0 saturated heterocycles. The summed E-state index contributed by atoms with van der Waals surface area (Å²) >= 11 is 0. The first-order valence-corrected chi connectivity index (χ1v) is 13.0. The number of nitrogens with two attached hydrogens (primary N) is 1. The Morgan fingerprint density at radius 2 is 1.84 bits per heavy atom. The molecule has 11 nitrogen and oxygen atoms in total. The molecule has 3 N–H and O–H groups in total. The van der Waals surface area contributed by atoms with Crippen molar-refractivity contribution in [3.8, 4) is 11.3 Å². The number of aromatic nitrogens is 6. The molecule has 0 fully saturated rings. The van der Waals surface area contributed by atoms with E-state index in [1.807, 2.05) is 61.3 Å². The second-order valence-corrected chi connectivity index (χ2v) is 10.1. The SMILES string of the molecule is C[C@@H](Cc1cccc(S(N)(=O)=O)c1)Nc1nccc(N(C)c2nc(-c3ccccc3)cc3ncnn23)n1. The van der Waals surface area contributed by atoms with E-state index in [1.165, 1.54) is 12.4 Å². The van der Waals surface area contributed by atoms with E-state index in [-0.39, 0.29) is 10.9 Å². The summed E-state index contributed by atoms with van der Waals surface area (Å²) in [5.41, 5.74) is 3.23. The van der Waals surface area contributed by atoms with Gasteiger partial charge in [0, 0.05) is 30.9 Å². The van der Waals surface area contributed by atoms with Gasteiger partial charge in [-0.1, -0.05) is 42.5 Å². The number of primary sulfonamides is 1. The van der Waals surface area contributed by atoms with Crippen LogP contribution in [0.1, 0.15) is 12.5 Å². The highest BCUT2D eigenvalue weighted by Crippen LogP contribution is 2.26. The van der Waals surface area contributed by atoms with E-state index in [9.17, 15) is 8.42 Å². The summed E-state index contributed by atoms with van der Waals surface area (Å²) in [4.78, 5) is 20.1. The molecule has 0 aliphatic heterocycles. The predicted octanol–water partition coefficient (Wildman–Crippen LogP) is 3.04. The summed E-state index contributed by atoms with van der Waals surface area (Å²) in [5, 5.41) is 12.9. The minimum Gasteiger partial charge on any atom is -0.351 e. The van der Waals surface area contributed by atoms with Gasteiger partial charge >= 0.3 is 0 Å². The van der Waals surface area contributed by atoms with E-state index in [0.717, 1.165) is 16.8 Å². The molecule has 2 aromatic carbocycles. The minimum atomic E-state index is -3.76. The van der Waals surface area contributed by atoms with Gasteiger partial charge in [-0.25, -0.2) is 28.5 Å². The molecule has 3 heterocycles. The highest BCUT2D eigenvalue weighted by Gasteiger charge is 2.17. The first-order chi connectivity index (χ1) is 17.8. The summed E-state index contributed by atoms with van der Waals surface area (Å²) < 4.78 is 25.0. The van der Waals surface area contributed by atoms with Gasteiger partial charge in [-0.15, -0.1) is 0 Å². The van der Waals surface area contributed by atoms with Crippen molar-refractivity contribution >= 4 is 33.4 Å². The Hall–Kier alpha value is -4.42. The summed E-state index contributed by atoms with van der Waals surface area (Å²) in [6.07, 6.45) is 3.70. The largest absolute Gasteiger partial charge is 0.351 e. The lowest BCUT2D eigenvalue weighted by Gasteiger charge is -2.20. The van der Waals surface area contributed by atoms with Crippen molar-refractivity contribution in [3.05, 3.63) is 84.8 Å². The van der Waals surface area contributed by atoms with E-state index in [4.69, 9.17) is 10.1 Å². The first kappa shape index (κ1) is 24.3. The molecule has 0 bridgehead atoms. The third-order valence-corrected chi connectivity index (χ3v) is 6.66. The maximum Gasteiger partial charge on any atom is 0.238 e. The molecule has 0 unspecified atom stereocenters. The van der Waals surface area contributed by atoms with Crippen molar-refractivity contribution < 1.29 is 8.42 Å². The van der Waals surface area contributed by atoms with E-state index < -0.39 is 10.0 Å². The van der Waals surface area contributed by atoms with Crippen molar-refractivity contribution in [2.75, 3.05) is 17.3 Å². The molecule has 0 amide bonds. The quantitative estimate of drug-likeness (QED) is 0.318. The second-order valence-electron chi connectivity index (χ2n) is 8.58. The molecule has 5 rings (SSSR count). The number of hydrogen-bond acceptors (Lipinski definition) is 9. The van der Waals surface area contributed by atoms with Crippen LogP contribution in [0.2, 0.25) is 0 Å². The highest BCUT2D eigenvalue weighted by molar-refractivity contribution is 7.89. The molecule has 0 spiro atoms. The van der Waals surface area contributed by atoms with E-state index in [1.54, 1.807) is 28.9 Å². The molecule has 0 radical (unpaired) electrons. The third kappa shape index (κ3) is 5.39. The molecule has 188 valence electrons. The fraction of sp³-hybridized carbons (Fsp3) is 0.160. The van der Waals surface area contributed by atoms with Crippen LogP contribution in [0.15, 0.2) is 84.1 Å². The Bertz CT molecular complexity index is 1660. The Balaban J connectivity index is 1.39. The average molecular weight is 516 g/mol. The molecular weight excluding hydrogens is 490 g/mol. The topological polar surface area (TPSA) is 144 Å². The van der Waals surface area contributed by atoms with Crippen LogP contribution in [0, 0.1) is 0 Å². The van der Waals surface area contributed by atoms with Gasteiger partial charge in [0.05, 0.1) is 10.6 Å². The standard InChI is InChI=1S/C25H25N9O2S/c1-17(13-18-7-6-10-20(14-18)37(26,35)36)30-24-27-12-11-22(32-24)33(2)25-31-21(19-8-4-3-5-9-19)15-23-28-16-29-34(23)25/h3-12,14-17H,13H2,1-2H3,(H2,26,35,36)(H,27,30,32)/t17-/m0/s1. The number of nitrogens with zero attached hydrogens (tertiary/aromatic N) is 7. The van der Waals surface area contributed by atoms with Crippen molar-refractivity contribution in [1.29, 1.82) is 0 Å². The first-order valence-electron chi connectivity index (χ1n) is 11.5. The van der Waals surface area contributed by atoms with Gasteiger partial charge in [-0.05, 0) is 37.1 Å². The molecule has 0 saturated carbocycles. The molecule has 5 aromatic rings. The van der Waals surface area contributed by atoms with Crippen LogP contribution < -0.4 is 15.4 Å². The van der Waals surface area contributed by atoms with Crippen LogP contribution in [-0.4, -0.2) is 51.1 Å². The van der Waals surface area contributed by atoms with Gasteiger partial charge in [-0.3, -0.25) is 4.90 Å². The van der Waals surface area contributed by atoms with Gasteiger partial charge in [0.2, 0.25) is 21.9 Å². The van der Waals surface area contributed by atoms with Crippen molar-refractivity contribution in [1.82, 2.24) is 29.5 Å². The van der Waals surface area contributed by atoms with E-state index >= 15 is 0 Å². The maximum absolute atomic E-state index is 11.7. The zero-order chi connectivity index (χ0) is 26.0. The van der Waals surface area contributed by atoms with Crippen LogP contribution in [0.4, 0.5) is 17.7 Å². The molecule has 3 aromatic heterocycles. The number of benzene rings is 2. The van der Waals surface area contributed by atoms with Crippen LogP contribution in [-0.2, 0) is 16.4 Å². The van der Waals surface area contributed by atoms with Crippen LogP contribution in [0.25, 0.3) is 16.9 Å². The van der Waals surface area contributed by atoms with Crippen molar-refractivity contribution in [2.45, 2.75) is 24.3 Å². The summed E-state index contributed by atoms with van der Waals surface area (Å²) in [5.74, 6) is 1.58. The monoisotopic (exact) mass is 515 g/mol. The molecule has 12 heteroatoms. The van der Waals surface area contributed by atoms with Gasteiger partial charge in [0.15, 0.2) is 5.65 Å². The third-order valence-electron chi connectivity index (χ3n) is 5.75. The van der Waals surface area contributed by atoms with E-state index in [2.05, 4.69) is 25.4 Å². The molecule has 0 aliphatic rings. The smallest absolute Gasteiger partial charge is 0.238 e. The summed E-state index contributed by atoms with van der Waals surface area (Å²) in [6.45, 7) is 1.97. The fourth-order valence-corrected chi connectivity index (χ4v) is 4.55. The molecular formula is C25H25N9O2S. The lowest BCUT2D eigenvalue weighted by atomic mass is 10.1. The number of rotatable bonds is 8. The van der Waals surface area contributed by atoms with Gasteiger partial charge in [0.1, 0.15) is 12.1 Å².